The zero-order chi connectivity index (χ0) is 19.4. The monoisotopic (exact) mass is 395 g/mol. The summed E-state index contributed by atoms with van der Waals surface area (Å²) in [6.45, 7) is 1.54. The molecule has 0 bridgehead atoms. The molecule has 0 radical (unpaired) electrons. The summed E-state index contributed by atoms with van der Waals surface area (Å²) >= 11 is 6.26. The van der Waals surface area contributed by atoms with Crippen molar-refractivity contribution in [3.8, 4) is 0 Å². The Kier molecular flexibility index (Phi) is 4.16. The van der Waals surface area contributed by atoms with Gasteiger partial charge in [-0.1, -0.05) is 11.6 Å². The van der Waals surface area contributed by atoms with Crippen molar-refractivity contribution < 1.29 is 9.59 Å². The van der Waals surface area contributed by atoms with Crippen molar-refractivity contribution in [2.75, 3.05) is 4.90 Å². The summed E-state index contributed by atoms with van der Waals surface area (Å²) in [4.78, 5) is 31.4. The standard InChI is InChI=1S/C22H22ClN3O2/c1-12(27)25-19-4-2-3-15-18(19)10-24-11-20(15)26-21(13-5-6-13)17-9-14(23)7-8-16(17)22(26)28/h7-11,13,19,21H,2-6H2,1H3,(H,25,27). The number of carbonyl (C=O) groups excluding carboxylic acids is 2. The van der Waals surface area contributed by atoms with E-state index in [1.165, 1.54) is 0 Å². The fraction of sp³-hybridized carbons (Fsp3) is 0.409. The van der Waals surface area contributed by atoms with Crippen molar-refractivity contribution >= 4 is 29.1 Å². The first-order chi connectivity index (χ1) is 13.5. The van der Waals surface area contributed by atoms with Gasteiger partial charge in [-0.25, -0.2) is 0 Å². The molecule has 1 fully saturated rings. The van der Waals surface area contributed by atoms with Crippen molar-refractivity contribution in [1.82, 2.24) is 10.3 Å². The molecule has 0 saturated heterocycles. The van der Waals surface area contributed by atoms with Crippen LogP contribution < -0.4 is 10.2 Å². The predicted octanol–water partition coefficient (Wildman–Crippen LogP) is 4.36. The van der Waals surface area contributed by atoms with Gasteiger partial charge in [0.15, 0.2) is 0 Å². The summed E-state index contributed by atoms with van der Waals surface area (Å²) in [7, 11) is 0. The molecule has 0 spiro atoms. The third kappa shape index (κ3) is 2.80. The highest BCUT2D eigenvalue weighted by molar-refractivity contribution is 6.31. The van der Waals surface area contributed by atoms with Crippen LogP contribution in [0.4, 0.5) is 5.69 Å². The van der Waals surface area contributed by atoms with Crippen LogP contribution in [-0.4, -0.2) is 16.8 Å². The summed E-state index contributed by atoms with van der Waals surface area (Å²) in [5.41, 5.74) is 4.84. The second-order valence-electron chi connectivity index (χ2n) is 8.06. The molecule has 5 rings (SSSR count). The normalized spacial score (nSPS) is 23.4. The third-order valence-electron chi connectivity index (χ3n) is 6.13. The van der Waals surface area contributed by atoms with Gasteiger partial charge in [0.1, 0.15) is 0 Å². The van der Waals surface area contributed by atoms with Gasteiger partial charge in [-0.2, -0.15) is 0 Å². The molecule has 1 saturated carbocycles. The Morgan fingerprint density at radius 3 is 2.79 bits per heavy atom. The number of nitrogens with one attached hydrogen (secondary N) is 1. The third-order valence-corrected chi connectivity index (χ3v) is 6.36. The van der Waals surface area contributed by atoms with Crippen LogP contribution in [0.3, 0.4) is 0 Å². The minimum atomic E-state index is -0.0431. The molecule has 6 heteroatoms. The maximum absolute atomic E-state index is 13.4. The van der Waals surface area contributed by atoms with Gasteiger partial charge < -0.3 is 5.32 Å². The quantitative estimate of drug-likeness (QED) is 0.839. The maximum atomic E-state index is 13.4. The van der Waals surface area contributed by atoms with Gasteiger partial charge in [0.05, 0.1) is 24.0 Å². The van der Waals surface area contributed by atoms with Crippen LogP contribution in [0.2, 0.25) is 5.02 Å². The van der Waals surface area contributed by atoms with E-state index in [9.17, 15) is 9.59 Å². The lowest BCUT2D eigenvalue weighted by Crippen LogP contribution is -2.33. The lowest BCUT2D eigenvalue weighted by Gasteiger charge is -2.32. The van der Waals surface area contributed by atoms with Crippen LogP contribution in [0.15, 0.2) is 30.6 Å². The molecule has 2 aromatic rings. The highest BCUT2D eigenvalue weighted by Crippen LogP contribution is 2.52. The maximum Gasteiger partial charge on any atom is 0.259 e. The molecular weight excluding hydrogens is 374 g/mol. The van der Waals surface area contributed by atoms with Crippen LogP contribution in [0, 0.1) is 5.92 Å². The van der Waals surface area contributed by atoms with E-state index in [0.29, 0.717) is 10.9 Å². The topological polar surface area (TPSA) is 62.3 Å². The van der Waals surface area contributed by atoms with E-state index < -0.39 is 0 Å². The zero-order valence-corrected chi connectivity index (χ0v) is 16.5. The molecule has 2 heterocycles. The predicted molar refractivity (Wildman–Crippen MR) is 107 cm³/mol. The minimum Gasteiger partial charge on any atom is -0.349 e. The van der Waals surface area contributed by atoms with Gasteiger partial charge in [-0.3, -0.25) is 19.5 Å². The molecule has 2 unspecified atom stereocenters. The molecule has 1 aliphatic heterocycles. The Labute approximate surface area is 169 Å². The van der Waals surface area contributed by atoms with Crippen LogP contribution in [0.1, 0.15) is 71.7 Å². The van der Waals surface area contributed by atoms with Gasteiger partial charge in [0.2, 0.25) is 5.91 Å². The first-order valence-electron chi connectivity index (χ1n) is 9.91. The Morgan fingerprint density at radius 2 is 2.04 bits per heavy atom. The van der Waals surface area contributed by atoms with Crippen molar-refractivity contribution in [3.63, 3.8) is 0 Å². The number of aromatic nitrogens is 1. The van der Waals surface area contributed by atoms with E-state index in [0.717, 1.165) is 60.0 Å². The average molecular weight is 396 g/mol. The highest BCUT2D eigenvalue weighted by atomic mass is 35.5. The second kappa shape index (κ2) is 6.59. The van der Waals surface area contributed by atoms with E-state index in [1.54, 1.807) is 13.0 Å². The molecule has 1 aromatic heterocycles. The van der Waals surface area contributed by atoms with Gasteiger partial charge in [0.25, 0.3) is 5.91 Å². The summed E-state index contributed by atoms with van der Waals surface area (Å²) in [6.07, 6.45) is 8.67. The smallest absolute Gasteiger partial charge is 0.259 e. The number of fused-ring (bicyclic) bond motifs is 2. The first kappa shape index (κ1) is 17.7. The first-order valence-corrected chi connectivity index (χ1v) is 10.3. The minimum absolute atomic E-state index is 0.0237. The van der Waals surface area contributed by atoms with Crippen molar-refractivity contribution in [2.45, 2.75) is 51.1 Å². The number of hydrogen-bond acceptors (Lipinski definition) is 3. The van der Waals surface area contributed by atoms with E-state index in [1.807, 2.05) is 29.4 Å². The number of rotatable bonds is 3. The number of amides is 2. The van der Waals surface area contributed by atoms with Gasteiger partial charge >= 0.3 is 0 Å². The SMILES string of the molecule is CC(=O)NC1CCCc2c1cncc2N1C(=O)c2ccc(Cl)cc2C1C1CC1. The summed E-state index contributed by atoms with van der Waals surface area (Å²) in [5.74, 6) is 0.452. The van der Waals surface area contributed by atoms with Gasteiger partial charge in [0, 0.05) is 23.7 Å². The number of hydrogen-bond donors (Lipinski definition) is 1. The Hall–Kier alpha value is -2.40. The fourth-order valence-electron chi connectivity index (χ4n) is 4.81. The number of pyridine rings is 1. The number of halogens is 1. The summed E-state index contributed by atoms with van der Waals surface area (Å²) < 4.78 is 0. The van der Waals surface area contributed by atoms with Gasteiger partial charge in [-0.05, 0) is 72.9 Å². The molecule has 2 atom stereocenters. The molecule has 5 nitrogen and oxygen atoms in total. The lowest BCUT2D eigenvalue weighted by atomic mass is 9.87. The largest absolute Gasteiger partial charge is 0.349 e. The zero-order valence-electron chi connectivity index (χ0n) is 15.7. The Balaban J connectivity index is 1.62. The molecule has 1 N–H and O–H groups in total. The molecule has 1 aromatic carbocycles. The Bertz CT molecular complexity index is 986. The molecular formula is C22H22ClN3O2. The fourth-order valence-corrected chi connectivity index (χ4v) is 4.99. The van der Waals surface area contributed by atoms with Crippen LogP contribution >= 0.6 is 11.6 Å². The summed E-state index contributed by atoms with van der Waals surface area (Å²) in [5, 5.41) is 3.70. The van der Waals surface area contributed by atoms with Crippen LogP contribution in [-0.2, 0) is 11.2 Å². The van der Waals surface area contributed by atoms with Crippen LogP contribution in [0.25, 0.3) is 0 Å². The van der Waals surface area contributed by atoms with E-state index in [-0.39, 0.29) is 23.9 Å². The number of anilines is 1. The Morgan fingerprint density at radius 1 is 1.21 bits per heavy atom. The number of nitrogens with zero attached hydrogens (tertiary/aromatic N) is 2. The molecule has 2 aliphatic carbocycles. The van der Waals surface area contributed by atoms with Gasteiger partial charge in [-0.15, -0.1) is 0 Å². The second-order valence-corrected chi connectivity index (χ2v) is 8.50. The molecule has 28 heavy (non-hydrogen) atoms. The number of benzene rings is 1. The molecule has 2 amide bonds. The lowest BCUT2D eigenvalue weighted by molar-refractivity contribution is -0.119. The highest BCUT2D eigenvalue weighted by Gasteiger charge is 2.47. The average Bonchev–Trinajstić information content (AvgIpc) is 3.46. The van der Waals surface area contributed by atoms with Crippen molar-refractivity contribution in [1.29, 1.82) is 0 Å². The summed E-state index contributed by atoms with van der Waals surface area (Å²) in [6, 6.07) is 5.56. The van der Waals surface area contributed by atoms with E-state index >= 15 is 0 Å². The molecule has 144 valence electrons. The van der Waals surface area contributed by atoms with E-state index in [2.05, 4.69) is 10.3 Å². The van der Waals surface area contributed by atoms with Crippen LogP contribution in [0.5, 0.6) is 0 Å². The van der Waals surface area contributed by atoms with Crippen molar-refractivity contribution in [2.24, 2.45) is 5.92 Å². The number of carbonyl (C=O) groups is 2. The molecule has 3 aliphatic rings. The van der Waals surface area contributed by atoms with E-state index in [4.69, 9.17) is 11.6 Å². The van der Waals surface area contributed by atoms with Crippen molar-refractivity contribution in [3.05, 3.63) is 57.9 Å².